The van der Waals surface area contributed by atoms with E-state index in [2.05, 4.69) is 35.8 Å². The number of anilines is 2. The Morgan fingerprint density at radius 1 is 1.06 bits per heavy atom. The highest BCUT2D eigenvalue weighted by molar-refractivity contribution is 5.95. The Morgan fingerprint density at radius 2 is 1.76 bits per heavy atom. The summed E-state index contributed by atoms with van der Waals surface area (Å²) in [6.45, 7) is 8.89. The van der Waals surface area contributed by atoms with Gasteiger partial charge in [0.2, 0.25) is 0 Å². The first-order chi connectivity index (χ1) is 16.3. The number of carbonyl (C=O) groups excluding carboxylic acids is 1. The van der Waals surface area contributed by atoms with E-state index in [-0.39, 0.29) is 17.3 Å². The number of carbonyl (C=O) groups is 1. The number of rotatable bonds is 2. The zero-order valence-corrected chi connectivity index (χ0v) is 20.9. The van der Waals surface area contributed by atoms with Crippen LogP contribution in [-0.4, -0.2) is 73.7 Å². The van der Waals surface area contributed by atoms with Crippen molar-refractivity contribution in [3.8, 4) is 0 Å². The molecule has 1 spiro atoms. The second kappa shape index (κ2) is 8.84. The van der Waals surface area contributed by atoms with Gasteiger partial charge in [-0.25, -0.2) is 14.2 Å². The fourth-order valence-electron chi connectivity index (χ4n) is 6.17. The predicted molar refractivity (Wildman–Crippen MR) is 134 cm³/mol. The molecule has 2 amide bonds. The lowest BCUT2D eigenvalue weighted by Crippen LogP contribution is -2.52. The molecule has 0 radical (unpaired) electrons. The Kier molecular flexibility index (Phi) is 6.00. The van der Waals surface area contributed by atoms with E-state index in [1.807, 2.05) is 4.90 Å². The van der Waals surface area contributed by atoms with Gasteiger partial charge in [0.1, 0.15) is 11.6 Å². The Morgan fingerprint density at radius 3 is 2.44 bits per heavy atom. The summed E-state index contributed by atoms with van der Waals surface area (Å²) in [6.07, 6.45) is 4.19. The van der Waals surface area contributed by atoms with Crippen molar-refractivity contribution in [1.82, 2.24) is 14.8 Å². The first kappa shape index (κ1) is 23.1. The lowest BCUT2D eigenvalue weighted by atomic mass is 9.74. The number of aryl methyl sites for hydroxylation is 2. The number of hydrogen-bond donors (Lipinski definition) is 0. The molecule has 0 saturated carbocycles. The molecule has 2 fully saturated rings. The highest BCUT2D eigenvalue weighted by Crippen LogP contribution is 2.48. The maximum Gasteiger partial charge on any atom is 0.323 e. The molecule has 6 nitrogen and oxygen atoms in total. The lowest BCUT2D eigenvalue weighted by molar-refractivity contribution is 0.104. The topological polar surface area (TPSA) is 42.9 Å². The number of nitrogens with zero attached hydrogens (tertiary/aromatic N) is 5. The summed E-state index contributed by atoms with van der Waals surface area (Å²) in [6, 6.07) is 9.72. The number of likely N-dealkylation sites (tertiary alicyclic amines) is 1. The summed E-state index contributed by atoms with van der Waals surface area (Å²) in [7, 11) is 3.55. The molecule has 0 bridgehead atoms. The Labute approximate surface area is 202 Å². The number of aromatic nitrogens is 1. The molecular weight excluding hydrogens is 429 g/mol. The number of benzene rings is 1. The van der Waals surface area contributed by atoms with E-state index in [4.69, 9.17) is 4.98 Å². The fourth-order valence-corrected chi connectivity index (χ4v) is 6.17. The van der Waals surface area contributed by atoms with Gasteiger partial charge >= 0.3 is 6.03 Å². The third-order valence-electron chi connectivity index (χ3n) is 8.14. The number of halogens is 1. The van der Waals surface area contributed by atoms with Crippen molar-refractivity contribution in [1.29, 1.82) is 0 Å². The van der Waals surface area contributed by atoms with Gasteiger partial charge in [-0.05, 0) is 88.0 Å². The molecule has 1 aromatic heterocycles. The minimum absolute atomic E-state index is 0.0282. The van der Waals surface area contributed by atoms with Crippen LogP contribution in [-0.2, 0) is 5.41 Å². The first-order valence-corrected chi connectivity index (χ1v) is 12.5. The molecule has 0 N–H and O–H groups in total. The quantitative estimate of drug-likeness (QED) is 0.662. The molecule has 2 aromatic rings. The van der Waals surface area contributed by atoms with E-state index in [0.717, 1.165) is 74.6 Å². The summed E-state index contributed by atoms with van der Waals surface area (Å²) in [5.41, 5.74) is 4.05. The second-order valence-corrected chi connectivity index (χ2v) is 10.6. The highest BCUT2D eigenvalue weighted by Gasteiger charge is 2.47. The number of amides is 2. The van der Waals surface area contributed by atoms with Gasteiger partial charge in [-0.2, -0.15) is 0 Å². The van der Waals surface area contributed by atoms with Crippen LogP contribution in [0.5, 0.6) is 0 Å². The lowest BCUT2D eigenvalue weighted by Gasteiger charge is -2.45. The summed E-state index contributed by atoms with van der Waals surface area (Å²) >= 11 is 0. The van der Waals surface area contributed by atoms with Crippen LogP contribution in [0.1, 0.15) is 42.5 Å². The number of hydrogen-bond acceptors (Lipinski definition) is 4. The van der Waals surface area contributed by atoms with Gasteiger partial charge in [0.05, 0.1) is 0 Å². The third kappa shape index (κ3) is 4.04. The minimum atomic E-state index is -0.216. The molecule has 0 atom stereocenters. The van der Waals surface area contributed by atoms with Crippen LogP contribution in [0.2, 0.25) is 0 Å². The number of urea groups is 1. The van der Waals surface area contributed by atoms with Gasteiger partial charge in [0, 0.05) is 56.6 Å². The van der Waals surface area contributed by atoms with E-state index in [9.17, 15) is 9.18 Å². The van der Waals surface area contributed by atoms with E-state index in [1.165, 1.54) is 11.6 Å². The molecule has 3 aliphatic heterocycles. The molecule has 182 valence electrons. The minimum Gasteiger partial charge on any atom is -0.356 e. The zero-order chi connectivity index (χ0) is 24.0. The van der Waals surface area contributed by atoms with Crippen LogP contribution >= 0.6 is 0 Å². The van der Waals surface area contributed by atoms with Gasteiger partial charge < -0.3 is 14.7 Å². The van der Waals surface area contributed by atoms with E-state index in [0.29, 0.717) is 12.6 Å². The van der Waals surface area contributed by atoms with Crippen molar-refractivity contribution in [3.05, 3.63) is 53.0 Å². The van der Waals surface area contributed by atoms with Gasteiger partial charge in [0.15, 0.2) is 0 Å². The Hall–Kier alpha value is -2.67. The van der Waals surface area contributed by atoms with Crippen molar-refractivity contribution in [2.24, 2.45) is 0 Å². The van der Waals surface area contributed by atoms with E-state index < -0.39 is 0 Å². The predicted octanol–water partition coefficient (Wildman–Crippen LogP) is 4.34. The van der Waals surface area contributed by atoms with Crippen molar-refractivity contribution < 1.29 is 9.18 Å². The van der Waals surface area contributed by atoms with E-state index in [1.54, 1.807) is 31.1 Å². The summed E-state index contributed by atoms with van der Waals surface area (Å²) in [4.78, 5) is 26.2. The maximum atomic E-state index is 14.3. The van der Waals surface area contributed by atoms with Crippen LogP contribution in [0.25, 0.3) is 0 Å². The first-order valence-electron chi connectivity index (χ1n) is 12.5. The Balaban J connectivity index is 1.26. The summed E-state index contributed by atoms with van der Waals surface area (Å²) in [5, 5.41) is 0. The van der Waals surface area contributed by atoms with Crippen molar-refractivity contribution in [3.63, 3.8) is 0 Å². The molecular formula is C27H36FN5O. The van der Waals surface area contributed by atoms with Crippen LogP contribution in [0, 0.1) is 19.7 Å². The van der Waals surface area contributed by atoms with Gasteiger partial charge in [-0.15, -0.1) is 0 Å². The smallest absolute Gasteiger partial charge is 0.323 e. The maximum absolute atomic E-state index is 14.3. The number of piperidine rings is 2. The molecule has 0 unspecified atom stereocenters. The van der Waals surface area contributed by atoms with Crippen LogP contribution < -0.4 is 9.80 Å². The van der Waals surface area contributed by atoms with Crippen molar-refractivity contribution in [2.45, 2.75) is 51.0 Å². The SMILES string of the molecule is Cc1ccc(C)c(N2CCC(N3CCC4(CC3)CN(C(=O)N(C)C)c3ccc(F)cc34)CC2)n1. The molecule has 5 rings (SSSR count). The standard InChI is InChI=1S/C27H36FN5O/c1-19-5-6-20(2)29-25(19)32-13-9-22(10-14-32)31-15-11-27(12-16-31)18-33(26(34)30(3)4)24-8-7-21(28)17-23(24)27/h5-8,17,22H,9-16,18H2,1-4H3. The third-order valence-corrected chi connectivity index (χ3v) is 8.14. The van der Waals surface area contributed by atoms with Gasteiger partial charge in [-0.3, -0.25) is 4.90 Å². The number of fused-ring (bicyclic) bond motifs is 2. The van der Waals surface area contributed by atoms with Gasteiger partial charge in [-0.1, -0.05) is 6.07 Å². The van der Waals surface area contributed by atoms with Crippen LogP contribution in [0.4, 0.5) is 20.7 Å². The fraction of sp³-hybridized carbons (Fsp3) is 0.556. The number of pyridine rings is 1. The average molecular weight is 466 g/mol. The van der Waals surface area contributed by atoms with Crippen molar-refractivity contribution in [2.75, 3.05) is 56.6 Å². The zero-order valence-electron chi connectivity index (χ0n) is 20.9. The summed E-state index contributed by atoms with van der Waals surface area (Å²) < 4.78 is 14.3. The van der Waals surface area contributed by atoms with Gasteiger partial charge in [0.25, 0.3) is 0 Å². The molecule has 1 aromatic carbocycles. The highest BCUT2D eigenvalue weighted by atomic mass is 19.1. The van der Waals surface area contributed by atoms with Crippen LogP contribution in [0.15, 0.2) is 30.3 Å². The monoisotopic (exact) mass is 465 g/mol. The average Bonchev–Trinajstić information content (AvgIpc) is 3.13. The molecule has 7 heteroatoms. The second-order valence-electron chi connectivity index (χ2n) is 10.6. The van der Waals surface area contributed by atoms with E-state index >= 15 is 0 Å². The largest absolute Gasteiger partial charge is 0.356 e. The summed E-state index contributed by atoms with van der Waals surface area (Å²) in [5.74, 6) is 0.915. The van der Waals surface area contributed by atoms with Crippen molar-refractivity contribution >= 4 is 17.5 Å². The molecule has 34 heavy (non-hydrogen) atoms. The van der Waals surface area contributed by atoms with Crippen LogP contribution in [0.3, 0.4) is 0 Å². The molecule has 2 saturated heterocycles. The normalized spacial score (nSPS) is 20.6. The Bertz CT molecular complexity index is 1070. The molecule has 4 heterocycles. The molecule has 0 aliphatic carbocycles. The molecule has 3 aliphatic rings.